The standard InChI is InChI=1S/C23H33N3O2S/c1-15-24-20(14-26(16(2)27)18-7-11-28-12-8-18)19-13-21(29-22(19)25-15)17-5-9-23(3,4)10-6-17/h13,17-18H,5-12,14H2,1-4H3. The zero-order chi connectivity index (χ0) is 20.6. The molecule has 1 saturated heterocycles. The maximum atomic E-state index is 12.4. The van der Waals surface area contributed by atoms with Crippen molar-refractivity contribution < 1.29 is 9.53 Å². The molecule has 0 unspecified atom stereocenters. The minimum Gasteiger partial charge on any atom is -0.381 e. The Labute approximate surface area is 177 Å². The lowest BCUT2D eigenvalue weighted by Gasteiger charge is -2.34. The van der Waals surface area contributed by atoms with Crippen molar-refractivity contribution in [3.05, 3.63) is 22.5 Å². The first-order valence-electron chi connectivity index (χ1n) is 10.9. The van der Waals surface area contributed by atoms with Gasteiger partial charge in [-0.05, 0) is 62.8 Å². The molecule has 0 atom stereocenters. The first-order valence-corrected chi connectivity index (χ1v) is 11.8. The van der Waals surface area contributed by atoms with Crippen LogP contribution in [0.4, 0.5) is 0 Å². The summed E-state index contributed by atoms with van der Waals surface area (Å²) in [7, 11) is 0. The molecule has 4 rings (SSSR count). The largest absolute Gasteiger partial charge is 0.381 e. The van der Waals surface area contributed by atoms with E-state index in [2.05, 4.69) is 19.9 Å². The van der Waals surface area contributed by atoms with E-state index in [4.69, 9.17) is 14.7 Å². The lowest BCUT2D eigenvalue weighted by molar-refractivity contribution is -0.133. The minimum absolute atomic E-state index is 0.117. The SMILES string of the molecule is CC(=O)N(Cc1nc(C)nc2sc(C3CCC(C)(C)CC3)cc12)C1CCOCC1. The van der Waals surface area contributed by atoms with E-state index in [-0.39, 0.29) is 11.9 Å². The number of aromatic nitrogens is 2. The van der Waals surface area contributed by atoms with Gasteiger partial charge in [-0.2, -0.15) is 0 Å². The van der Waals surface area contributed by atoms with Gasteiger partial charge in [0, 0.05) is 36.4 Å². The van der Waals surface area contributed by atoms with Gasteiger partial charge in [-0.15, -0.1) is 11.3 Å². The third-order valence-electron chi connectivity index (χ3n) is 6.70. The average Bonchev–Trinajstić information content (AvgIpc) is 3.10. The Balaban J connectivity index is 1.62. The Bertz CT molecular complexity index is 876. The van der Waals surface area contributed by atoms with Crippen molar-refractivity contribution in [2.24, 2.45) is 5.41 Å². The molecule has 5 nitrogen and oxygen atoms in total. The summed E-state index contributed by atoms with van der Waals surface area (Å²) in [4.78, 5) is 26.4. The molecule has 1 aliphatic heterocycles. The highest BCUT2D eigenvalue weighted by atomic mass is 32.1. The number of nitrogens with zero attached hydrogens (tertiary/aromatic N) is 3. The van der Waals surface area contributed by atoms with E-state index in [1.807, 2.05) is 23.2 Å². The van der Waals surface area contributed by atoms with Crippen LogP contribution in [-0.2, 0) is 16.1 Å². The smallest absolute Gasteiger partial charge is 0.220 e. The highest BCUT2D eigenvalue weighted by Crippen LogP contribution is 2.45. The van der Waals surface area contributed by atoms with Crippen LogP contribution < -0.4 is 0 Å². The van der Waals surface area contributed by atoms with Gasteiger partial charge in [0.05, 0.1) is 12.2 Å². The first kappa shape index (κ1) is 20.7. The molecule has 2 aromatic heterocycles. The fourth-order valence-corrected chi connectivity index (χ4v) is 6.05. The normalized spacial score (nSPS) is 20.8. The molecule has 0 aromatic carbocycles. The van der Waals surface area contributed by atoms with Crippen molar-refractivity contribution in [1.29, 1.82) is 0 Å². The molecule has 1 amide bonds. The van der Waals surface area contributed by atoms with Crippen molar-refractivity contribution in [3.63, 3.8) is 0 Å². The number of thiophene rings is 1. The van der Waals surface area contributed by atoms with Crippen molar-refractivity contribution >= 4 is 27.5 Å². The minimum atomic E-state index is 0.117. The molecular weight excluding hydrogens is 382 g/mol. The summed E-state index contributed by atoms with van der Waals surface area (Å²) in [6.45, 7) is 10.4. The molecule has 0 radical (unpaired) electrons. The topological polar surface area (TPSA) is 55.3 Å². The van der Waals surface area contributed by atoms with Crippen LogP contribution in [0, 0.1) is 12.3 Å². The Morgan fingerprint density at radius 2 is 1.90 bits per heavy atom. The number of aryl methyl sites for hydroxylation is 1. The van der Waals surface area contributed by atoms with Crippen molar-refractivity contribution in [3.8, 4) is 0 Å². The molecule has 1 saturated carbocycles. The van der Waals surface area contributed by atoms with Gasteiger partial charge in [-0.3, -0.25) is 4.79 Å². The van der Waals surface area contributed by atoms with Crippen LogP contribution in [0.15, 0.2) is 6.07 Å². The zero-order valence-corrected chi connectivity index (χ0v) is 19.0. The first-order chi connectivity index (χ1) is 13.8. The molecule has 1 aliphatic carbocycles. The number of hydrogen-bond acceptors (Lipinski definition) is 5. The quantitative estimate of drug-likeness (QED) is 0.688. The maximum Gasteiger partial charge on any atom is 0.220 e. The van der Waals surface area contributed by atoms with Crippen molar-refractivity contribution in [2.45, 2.75) is 84.7 Å². The number of rotatable bonds is 4. The van der Waals surface area contributed by atoms with E-state index < -0.39 is 0 Å². The second-order valence-electron chi connectivity index (χ2n) is 9.51. The van der Waals surface area contributed by atoms with Crippen LogP contribution >= 0.6 is 11.3 Å². The molecule has 0 spiro atoms. The second kappa shape index (κ2) is 8.31. The second-order valence-corrected chi connectivity index (χ2v) is 10.6. The Morgan fingerprint density at radius 3 is 2.55 bits per heavy atom. The number of carbonyl (C=O) groups is 1. The molecule has 0 N–H and O–H groups in total. The third kappa shape index (κ3) is 4.64. The molecule has 6 heteroatoms. The molecular formula is C23H33N3O2S. The number of fused-ring (bicyclic) bond motifs is 1. The Hall–Kier alpha value is -1.53. The van der Waals surface area contributed by atoms with Gasteiger partial charge in [-0.25, -0.2) is 9.97 Å². The van der Waals surface area contributed by atoms with Gasteiger partial charge < -0.3 is 9.64 Å². The number of hydrogen-bond donors (Lipinski definition) is 0. The van der Waals surface area contributed by atoms with Crippen molar-refractivity contribution in [1.82, 2.24) is 14.9 Å². The summed E-state index contributed by atoms with van der Waals surface area (Å²) in [5.74, 6) is 1.54. The van der Waals surface area contributed by atoms with Crippen LogP contribution in [0.3, 0.4) is 0 Å². The van der Waals surface area contributed by atoms with Gasteiger partial charge in [0.2, 0.25) is 5.91 Å². The van der Waals surface area contributed by atoms with E-state index in [0.717, 1.165) is 47.8 Å². The summed E-state index contributed by atoms with van der Waals surface area (Å²) in [6, 6.07) is 2.56. The number of carbonyl (C=O) groups excluding carboxylic acids is 1. The van der Waals surface area contributed by atoms with Gasteiger partial charge in [0.1, 0.15) is 10.7 Å². The molecule has 2 aromatic rings. The number of ether oxygens (including phenoxy) is 1. The van der Waals surface area contributed by atoms with E-state index in [1.54, 1.807) is 6.92 Å². The fraction of sp³-hybridized carbons (Fsp3) is 0.696. The molecule has 2 aliphatic rings. The van der Waals surface area contributed by atoms with Crippen LogP contribution in [-0.4, -0.2) is 40.0 Å². The van der Waals surface area contributed by atoms with E-state index in [1.165, 1.54) is 30.6 Å². The van der Waals surface area contributed by atoms with Crippen molar-refractivity contribution in [2.75, 3.05) is 13.2 Å². The third-order valence-corrected chi connectivity index (χ3v) is 7.89. The fourth-order valence-electron chi connectivity index (χ4n) is 4.78. The Kier molecular flexibility index (Phi) is 5.94. The maximum absolute atomic E-state index is 12.4. The zero-order valence-electron chi connectivity index (χ0n) is 18.2. The summed E-state index contributed by atoms with van der Waals surface area (Å²) in [6.07, 6.45) is 6.88. The summed E-state index contributed by atoms with van der Waals surface area (Å²) in [5.41, 5.74) is 1.47. The summed E-state index contributed by atoms with van der Waals surface area (Å²) >= 11 is 1.83. The van der Waals surface area contributed by atoms with Gasteiger partial charge in [-0.1, -0.05) is 13.8 Å². The molecule has 0 bridgehead atoms. The van der Waals surface area contributed by atoms with Crippen LogP contribution in [0.2, 0.25) is 0 Å². The van der Waals surface area contributed by atoms with Gasteiger partial charge in [0.15, 0.2) is 0 Å². The van der Waals surface area contributed by atoms with Gasteiger partial charge in [0.25, 0.3) is 0 Å². The van der Waals surface area contributed by atoms with Crippen LogP contribution in [0.25, 0.3) is 10.2 Å². The van der Waals surface area contributed by atoms with Gasteiger partial charge >= 0.3 is 0 Å². The number of amides is 1. The van der Waals surface area contributed by atoms with E-state index in [0.29, 0.717) is 17.9 Å². The highest BCUT2D eigenvalue weighted by Gasteiger charge is 2.30. The highest BCUT2D eigenvalue weighted by molar-refractivity contribution is 7.18. The summed E-state index contributed by atoms with van der Waals surface area (Å²) < 4.78 is 5.49. The summed E-state index contributed by atoms with van der Waals surface area (Å²) in [5, 5.41) is 1.14. The monoisotopic (exact) mass is 415 g/mol. The average molecular weight is 416 g/mol. The Morgan fingerprint density at radius 1 is 1.21 bits per heavy atom. The molecule has 29 heavy (non-hydrogen) atoms. The lowest BCUT2D eigenvalue weighted by atomic mass is 9.73. The molecule has 158 valence electrons. The van der Waals surface area contributed by atoms with E-state index in [9.17, 15) is 4.79 Å². The van der Waals surface area contributed by atoms with Crippen LogP contribution in [0.1, 0.15) is 81.6 Å². The molecule has 2 fully saturated rings. The predicted molar refractivity (Wildman–Crippen MR) is 117 cm³/mol. The molecule has 3 heterocycles. The predicted octanol–water partition coefficient (Wildman–Crippen LogP) is 5.21. The van der Waals surface area contributed by atoms with E-state index >= 15 is 0 Å². The lowest BCUT2D eigenvalue weighted by Crippen LogP contribution is -2.42. The van der Waals surface area contributed by atoms with Crippen LogP contribution in [0.5, 0.6) is 0 Å².